The highest BCUT2D eigenvalue weighted by Gasteiger charge is 2.16. The Labute approximate surface area is 168 Å². The van der Waals surface area contributed by atoms with Crippen LogP contribution in [-0.4, -0.2) is 56.4 Å². The first kappa shape index (κ1) is 21.6. The van der Waals surface area contributed by atoms with Crippen LogP contribution in [0.3, 0.4) is 0 Å². The fourth-order valence-corrected chi connectivity index (χ4v) is 3.69. The number of aliphatic imine (C=N–C) groups is 1. The lowest BCUT2D eigenvalue weighted by molar-refractivity contribution is 0.220. The second kappa shape index (κ2) is 12.0. The van der Waals surface area contributed by atoms with Crippen LogP contribution < -0.4 is 10.6 Å². The largest absolute Gasteiger partial charge is 0.356 e. The Balaban J connectivity index is 0.00000288. The zero-order valence-corrected chi connectivity index (χ0v) is 18.1. The molecule has 0 bridgehead atoms. The smallest absolute Gasteiger partial charge is 0.191 e. The minimum atomic E-state index is 0. The number of guanidine groups is 1. The van der Waals surface area contributed by atoms with Gasteiger partial charge < -0.3 is 15.5 Å². The first-order valence-corrected chi connectivity index (χ1v) is 9.40. The van der Waals surface area contributed by atoms with E-state index in [9.17, 15) is 0 Å². The van der Waals surface area contributed by atoms with E-state index in [4.69, 9.17) is 0 Å². The molecule has 2 rings (SSSR count). The monoisotopic (exact) mass is 462 g/mol. The van der Waals surface area contributed by atoms with E-state index in [1.807, 2.05) is 18.8 Å². The maximum absolute atomic E-state index is 4.34. The van der Waals surface area contributed by atoms with Gasteiger partial charge in [-0.05, 0) is 51.0 Å². The van der Waals surface area contributed by atoms with Crippen molar-refractivity contribution in [1.29, 1.82) is 0 Å². The lowest BCUT2D eigenvalue weighted by atomic mass is 9.97. The highest BCUT2D eigenvalue weighted by atomic mass is 127. The van der Waals surface area contributed by atoms with E-state index in [1.165, 1.54) is 30.8 Å². The van der Waals surface area contributed by atoms with Gasteiger partial charge in [0, 0.05) is 30.3 Å². The molecular formula is C18H31IN4S. The molecule has 1 unspecified atom stereocenters. The topological polar surface area (TPSA) is 39.7 Å². The van der Waals surface area contributed by atoms with Crippen LogP contribution in [0.4, 0.5) is 0 Å². The highest BCUT2D eigenvalue weighted by Crippen LogP contribution is 2.21. The van der Waals surface area contributed by atoms with Crippen molar-refractivity contribution in [3.05, 3.63) is 30.3 Å². The molecule has 136 valence electrons. The number of halogens is 1. The first-order chi connectivity index (χ1) is 11.2. The zero-order chi connectivity index (χ0) is 16.5. The van der Waals surface area contributed by atoms with Gasteiger partial charge >= 0.3 is 0 Å². The lowest BCUT2D eigenvalue weighted by Crippen LogP contribution is -2.43. The van der Waals surface area contributed by atoms with Gasteiger partial charge in [0.2, 0.25) is 0 Å². The molecule has 1 heterocycles. The summed E-state index contributed by atoms with van der Waals surface area (Å²) in [7, 11) is 4.05. The fraction of sp³-hybridized carbons (Fsp3) is 0.611. The van der Waals surface area contributed by atoms with Crippen molar-refractivity contribution in [1.82, 2.24) is 15.5 Å². The molecule has 1 aromatic rings. The van der Waals surface area contributed by atoms with E-state index in [-0.39, 0.29) is 24.0 Å². The van der Waals surface area contributed by atoms with Crippen LogP contribution in [0.15, 0.2) is 40.2 Å². The zero-order valence-electron chi connectivity index (χ0n) is 15.0. The highest BCUT2D eigenvalue weighted by molar-refractivity contribution is 14.0. The molecule has 6 heteroatoms. The van der Waals surface area contributed by atoms with Crippen LogP contribution >= 0.6 is 35.7 Å². The second-order valence-electron chi connectivity index (χ2n) is 6.32. The molecular weight excluding hydrogens is 431 g/mol. The summed E-state index contributed by atoms with van der Waals surface area (Å²) in [6.07, 6.45) is 2.56. The molecule has 1 aromatic carbocycles. The molecule has 0 amide bonds. The summed E-state index contributed by atoms with van der Waals surface area (Å²) in [6, 6.07) is 10.6. The van der Waals surface area contributed by atoms with Gasteiger partial charge in [0.1, 0.15) is 0 Å². The quantitative estimate of drug-likeness (QED) is 0.295. The Morgan fingerprint density at radius 3 is 2.54 bits per heavy atom. The van der Waals surface area contributed by atoms with E-state index in [0.29, 0.717) is 5.25 Å². The van der Waals surface area contributed by atoms with Gasteiger partial charge in [-0.1, -0.05) is 25.1 Å². The van der Waals surface area contributed by atoms with E-state index < -0.39 is 0 Å². The normalized spacial score (nSPS) is 17.9. The van der Waals surface area contributed by atoms with E-state index >= 15 is 0 Å². The minimum absolute atomic E-state index is 0. The van der Waals surface area contributed by atoms with Crippen molar-refractivity contribution >= 4 is 41.7 Å². The Morgan fingerprint density at radius 2 is 1.92 bits per heavy atom. The van der Waals surface area contributed by atoms with Crippen LogP contribution in [0.2, 0.25) is 0 Å². The van der Waals surface area contributed by atoms with Gasteiger partial charge in [0.15, 0.2) is 5.96 Å². The Morgan fingerprint density at radius 1 is 1.25 bits per heavy atom. The van der Waals surface area contributed by atoms with Gasteiger partial charge in [0.25, 0.3) is 0 Å². The molecule has 1 atom stereocenters. The molecule has 1 aliphatic rings. The third-order valence-electron chi connectivity index (χ3n) is 4.26. The summed E-state index contributed by atoms with van der Waals surface area (Å²) in [4.78, 5) is 8.07. The molecule has 0 saturated carbocycles. The predicted molar refractivity (Wildman–Crippen MR) is 117 cm³/mol. The van der Waals surface area contributed by atoms with Crippen molar-refractivity contribution < 1.29 is 0 Å². The van der Waals surface area contributed by atoms with Crippen LogP contribution in [0.5, 0.6) is 0 Å². The van der Waals surface area contributed by atoms with Gasteiger partial charge in [-0.3, -0.25) is 4.99 Å². The van der Waals surface area contributed by atoms with Crippen LogP contribution in [0.25, 0.3) is 0 Å². The number of likely N-dealkylation sites (tertiary alicyclic amines) is 1. The second-order valence-corrected chi connectivity index (χ2v) is 7.83. The third kappa shape index (κ3) is 8.07. The number of thioether (sulfide) groups is 1. The van der Waals surface area contributed by atoms with Crippen molar-refractivity contribution in [2.75, 3.05) is 40.3 Å². The van der Waals surface area contributed by atoms with Gasteiger partial charge in [-0.15, -0.1) is 35.7 Å². The van der Waals surface area contributed by atoms with Crippen molar-refractivity contribution in [3.63, 3.8) is 0 Å². The Hall–Kier alpha value is -0.470. The number of rotatable bonds is 6. The Bertz CT molecular complexity index is 475. The number of piperidine rings is 1. The van der Waals surface area contributed by atoms with Crippen molar-refractivity contribution in [2.45, 2.75) is 29.9 Å². The molecule has 4 nitrogen and oxygen atoms in total. The van der Waals surface area contributed by atoms with Gasteiger partial charge in [-0.2, -0.15) is 0 Å². The summed E-state index contributed by atoms with van der Waals surface area (Å²) >= 11 is 1.89. The summed E-state index contributed by atoms with van der Waals surface area (Å²) in [5.74, 6) is 1.69. The molecule has 0 radical (unpaired) electrons. The van der Waals surface area contributed by atoms with E-state index in [1.54, 1.807) is 0 Å². The molecule has 1 fully saturated rings. The number of nitrogens with zero attached hydrogens (tertiary/aromatic N) is 2. The predicted octanol–water partition coefficient (Wildman–Crippen LogP) is 3.29. The van der Waals surface area contributed by atoms with Crippen molar-refractivity contribution in [3.8, 4) is 0 Å². The molecule has 1 aliphatic heterocycles. The summed E-state index contributed by atoms with van der Waals surface area (Å²) in [6.45, 7) is 6.60. The maximum atomic E-state index is 4.34. The number of hydrogen-bond donors (Lipinski definition) is 2. The number of hydrogen-bond acceptors (Lipinski definition) is 3. The summed E-state index contributed by atoms with van der Waals surface area (Å²) < 4.78 is 0. The average Bonchev–Trinajstić information content (AvgIpc) is 2.57. The molecule has 0 spiro atoms. The number of benzene rings is 1. The fourth-order valence-electron chi connectivity index (χ4n) is 2.74. The van der Waals surface area contributed by atoms with Crippen LogP contribution in [0, 0.1) is 5.92 Å². The third-order valence-corrected chi connectivity index (χ3v) is 5.37. The summed E-state index contributed by atoms with van der Waals surface area (Å²) in [5, 5.41) is 7.43. The van der Waals surface area contributed by atoms with Crippen LogP contribution in [-0.2, 0) is 0 Å². The number of nitrogens with one attached hydrogen (secondary N) is 2. The minimum Gasteiger partial charge on any atom is -0.356 e. The first-order valence-electron chi connectivity index (χ1n) is 8.52. The molecule has 0 aliphatic carbocycles. The van der Waals surface area contributed by atoms with E-state index in [0.717, 1.165) is 25.0 Å². The van der Waals surface area contributed by atoms with E-state index in [2.05, 4.69) is 64.8 Å². The SMILES string of the molecule is CN=C(NCC1CCN(C)CC1)NCC(C)Sc1ccccc1.I. The molecule has 1 saturated heterocycles. The van der Waals surface area contributed by atoms with Gasteiger partial charge in [0.05, 0.1) is 0 Å². The Kier molecular flexibility index (Phi) is 10.8. The van der Waals surface area contributed by atoms with Gasteiger partial charge in [-0.25, -0.2) is 0 Å². The molecule has 24 heavy (non-hydrogen) atoms. The average molecular weight is 462 g/mol. The van der Waals surface area contributed by atoms with Crippen molar-refractivity contribution in [2.24, 2.45) is 10.9 Å². The van der Waals surface area contributed by atoms with Crippen LogP contribution in [0.1, 0.15) is 19.8 Å². The molecule has 0 aromatic heterocycles. The standard InChI is InChI=1S/C18H30N4S.HI/c1-15(23-17-7-5-4-6-8-17)13-20-18(19-2)21-14-16-9-11-22(3)12-10-16;/h4-8,15-16H,9-14H2,1-3H3,(H2,19,20,21);1H. The lowest BCUT2D eigenvalue weighted by Gasteiger charge is -2.29. The summed E-state index contributed by atoms with van der Waals surface area (Å²) in [5.41, 5.74) is 0. The maximum Gasteiger partial charge on any atom is 0.191 e. The molecule has 2 N–H and O–H groups in total.